The van der Waals surface area contributed by atoms with E-state index < -0.39 is 29.0 Å². The van der Waals surface area contributed by atoms with Crippen LogP contribution < -0.4 is 15.8 Å². The van der Waals surface area contributed by atoms with Gasteiger partial charge in [-0.05, 0) is 30.7 Å². The molecule has 0 radical (unpaired) electrons. The molecule has 14 heteroatoms. The summed E-state index contributed by atoms with van der Waals surface area (Å²) in [5.74, 6) is 0.613. The molecule has 0 aliphatic carbocycles. The number of hydrogen-bond donors (Lipinski definition) is 2. The Balaban J connectivity index is 1.55. The number of aromatic nitrogens is 3. The first-order chi connectivity index (χ1) is 19.1. The predicted molar refractivity (Wildman–Crippen MR) is 143 cm³/mol. The molecule has 1 saturated heterocycles. The highest BCUT2D eigenvalue weighted by atomic mass is 19.4. The molecule has 2 aromatic rings. The zero-order valence-electron chi connectivity index (χ0n) is 21.8. The number of alkyl halides is 3. The average Bonchev–Trinajstić information content (AvgIpc) is 2.94. The number of halogens is 3. The van der Waals surface area contributed by atoms with Gasteiger partial charge in [-0.1, -0.05) is 6.58 Å². The number of anilines is 2. The lowest BCUT2D eigenvalue weighted by atomic mass is 10.1. The predicted octanol–water partition coefficient (Wildman–Crippen LogP) is 2.75. The van der Waals surface area contributed by atoms with Crippen LogP contribution in [0.2, 0.25) is 0 Å². The first-order valence-corrected chi connectivity index (χ1v) is 12.3. The van der Waals surface area contributed by atoms with Crippen molar-refractivity contribution in [3.05, 3.63) is 70.4 Å². The second kappa shape index (κ2) is 14.0. The highest BCUT2D eigenvalue weighted by Crippen LogP contribution is 2.32. The Labute approximate surface area is 228 Å². The second-order valence-corrected chi connectivity index (χ2v) is 8.69. The van der Waals surface area contributed by atoms with E-state index in [1.807, 2.05) is 11.0 Å². The highest BCUT2D eigenvalue weighted by Gasteiger charge is 2.38. The van der Waals surface area contributed by atoms with Gasteiger partial charge in [0, 0.05) is 44.8 Å². The number of aromatic amines is 1. The number of nitrogens with one attached hydrogen (secondary N) is 2. The molecule has 2 N–H and O–H groups in total. The Morgan fingerprint density at radius 3 is 2.70 bits per heavy atom. The summed E-state index contributed by atoms with van der Waals surface area (Å²) in [4.78, 5) is 36.5. The summed E-state index contributed by atoms with van der Waals surface area (Å²) in [6.45, 7) is 7.60. The van der Waals surface area contributed by atoms with Crippen molar-refractivity contribution in [2.24, 2.45) is 4.99 Å². The minimum atomic E-state index is -4.92. The van der Waals surface area contributed by atoms with Crippen molar-refractivity contribution >= 4 is 23.6 Å². The number of amides is 1. The number of pyridine rings is 1. The van der Waals surface area contributed by atoms with Crippen molar-refractivity contribution in [2.45, 2.75) is 25.6 Å². The van der Waals surface area contributed by atoms with Crippen molar-refractivity contribution in [3.63, 3.8) is 0 Å². The molecular formula is C26H29F3N8O3. The summed E-state index contributed by atoms with van der Waals surface area (Å²) < 4.78 is 46.1. The van der Waals surface area contributed by atoms with E-state index in [1.165, 1.54) is 24.7 Å². The second-order valence-electron chi connectivity index (χ2n) is 8.69. The first-order valence-electron chi connectivity index (χ1n) is 12.3. The maximum absolute atomic E-state index is 13.5. The monoisotopic (exact) mass is 558 g/mol. The Hall–Kier alpha value is -4.51. The molecule has 1 fully saturated rings. The topological polar surface area (TPSA) is 140 Å². The van der Waals surface area contributed by atoms with Gasteiger partial charge < -0.3 is 19.9 Å². The van der Waals surface area contributed by atoms with Gasteiger partial charge in [0.05, 0.1) is 43.1 Å². The normalized spacial score (nSPS) is 14.9. The van der Waals surface area contributed by atoms with Crippen LogP contribution in [0.5, 0.6) is 0 Å². The fraction of sp³-hybridized carbons (Fsp3) is 0.385. The lowest BCUT2D eigenvalue weighted by Gasteiger charge is -2.35. The SMILES string of the molecule is C=C(/C=C\N=C/C)[C@H](COCCC(=O)N1CCN(c2ccc(C#N)cn2)CC1)Nc1cn[nH]c(=O)c1C(F)(F)F. The van der Waals surface area contributed by atoms with Crippen molar-refractivity contribution < 1.29 is 22.7 Å². The number of ether oxygens (including phenoxy) is 1. The number of nitrogens with zero attached hydrogens (tertiary/aromatic N) is 6. The minimum absolute atomic E-state index is 0.0261. The molecule has 212 valence electrons. The fourth-order valence-corrected chi connectivity index (χ4v) is 3.90. The third-order valence-corrected chi connectivity index (χ3v) is 6.02. The smallest absolute Gasteiger partial charge is 0.378 e. The van der Waals surface area contributed by atoms with Crippen molar-refractivity contribution in [1.82, 2.24) is 20.1 Å². The van der Waals surface area contributed by atoms with Gasteiger partial charge in [-0.3, -0.25) is 14.6 Å². The van der Waals surface area contributed by atoms with E-state index >= 15 is 0 Å². The van der Waals surface area contributed by atoms with Crippen molar-refractivity contribution in [1.29, 1.82) is 5.26 Å². The lowest BCUT2D eigenvalue weighted by Crippen LogP contribution is -2.49. The van der Waals surface area contributed by atoms with Crippen LogP contribution in [0.15, 0.2) is 58.7 Å². The molecule has 2 aromatic heterocycles. The van der Waals surface area contributed by atoms with Crippen LogP contribution in [-0.4, -0.2) is 77.6 Å². The molecule has 1 amide bonds. The number of aliphatic imine (C=N–C) groups is 1. The van der Waals surface area contributed by atoms with Crippen LogP contribution in [0.3, 0.4) is 0 Å². The number of nitriles is 1. The molecule has 0 unspecified atom stereocenters. The molecule has 0 bridgehead atoms. The van der Waals surface area contributed by atoms with Gasteiger partial charge >= 0.3 is 6.18 Å². The average molecular weight is 559 g/mol. The van der Waals surface area contributed by atoms with Crippen molar-refractivity contribution in [2.75, 3.05) is 49.6 Å². The fourth-order valence-electron chi connectivity index (χ4n) is 3.90. The van der Waals surface area contributed by atoms with E-state index in [9.17, 15) is 22.8 Å². The Bertz CT molecular complexity index is 1320. The Morgan fingerprint density at radius 2 is 2.08 bits per heavy atom. The van der Waals surface area contributed by atoms with E-state index in [1.54, 1.807) is 29.1 Å². The summed E-state index contributed by atoms with van der Waals surface area (Å²) in [7, 11) is 0. The van der Waals surface area contributed by atoms with Gasteiger partial charge in [0.2, 0.25) is 5.91 Å². The molecule has 0 saturated carbocycles. The molecule has 0 spiro atoms. The maximum Gasteiger partial charge on any atom is 0.423 e. The van der Waals surface area contributed by atoms with E-state index in [-0.39, 0.29) is 25.5 Å². The van der Waals surface area contributed by atoms with Crippen LogP contribution in [0, 0.1) is 11.3 Å². The minimum Gasteiger partial charge on any atom is -0.378 e. The Morgan fingerprint density at radius 1 is 1.32 bits per heavy atom. The van der Waals surface area contributed by atoms with Gasteiger partial charge in [0.15, 0.2) is 0 Å². The van der Waals surface area contributed by atoms with Crippen LogP contribution in [0.25, 0.3) is 0 Å². The molecule has 40 heavy (non-hydrogen) atoms. The van der Waals surface area contributed by atoms with Crippen LogP contribution in [-0.2, 0) is 15.7 Å². The largest absolute Gasteiger partial charge is 0.423 e. The standard InChI is InChI=1S/C26H29F3N8O3/c1-3-31-8-6-18(2)21(34-20-16-33-35-25(39)24(20)26(27,28)29)17-40-13-7-23(38)37-11-9-36(10-12-37)22-5-4-19(14-30)15-32-22/h3-6,8,15-16,21H,2,7,9-13,17H2,1H3,(H2,34,35,39)/b8-6-,31-3-/t21-/m0/s1. The number of hydrogen-bond acceptors (Lipinski definition) is 9. The number of piperazine rings is 1. The lowest BCUT2D eigenvalue weighted by molar-refractivity contribution is -0.138. The maximum atomic E-state index is 13.5. The van der Waals surface area contributed by atoms with E-state index in [0.29, 0.717) is 37.3 Å². The van der Waals surface area contributed by atoms with E-state index in [0.717, 1.165) is 12.0 Å². The van der Waals surface area contributed by atoms with Crippen LogP contribution >= 0.6 is 0 Å². The van der Waals surface area contributed by atoms with Gasteiger partial charge in [-0.15, -0.1) is 0 Å². The molecule has 1 aliphatic rings. The van der Waals surface area contributed by atoms with Gasteiger partial charge in [0.25, 0.3) is 5.56 Å². The molecule has 11 nitrogen and oxygen atoms in total. The molecule has 1 aliphatic heterocycles. The summed E-state index contributed by atoms with van der Waals surface area (Å²) in [6, 6.07) is 4.62. The number of carbonyl (C=O) groups is 1. The Kier molecular flexibility index (Phi) is 10.5. The first kappa shape index (κ1) is 30.0. The summed E-state index contributed by atoms with van der Waals surface area (Å²) in [6.07, 6.45) is 1.98. The molecule has 1 atom stereocenters. The van der Waals surface area contributed by atoms with Crippen LogP contribution in [0.1, 0.15) is 24.5 Å². The highest BCUT2D eigenvalue weighted by molar-refractivity contribution is 5.76. The molecule has 0 aromatic carbocycles. The summed E-state index contributed by atoms with van der Waals surface area (Å²) in [5, 5.41) is 16.8. The third-order valence-electron chi connectivity index (χ3n) is 6.02. The summed E-state index contributed by atoms with van der Waals surface area (Å²) in [5.41, 5.74) is -2.50. The number of carbonyl (C=O) groups excluding carboxylic acids is 1. The van der Waals surface area contributed by atoms with E-state index in [2.05, 4.69) is 27.0 Å². The number of rotatable bonds is 11. The quantitative estimate of drug-likeness (QED) is 0.244. The third kappa shape index (κ3) is 8.24. The molecule has 3 rings (SSSR count). The van der Waals surface area contributed by atoms with E-state index in [4.69, 9.17) is 10.00 Å². The van der Waals surface area contributed by atoms with Crippen molar-refractivity contribution in [3.8, 4) is 6.07 Å². The summed E-state index contributed by atoms with van der Waals surface area (Å²) >= 11 is 0. The van der Waals surface area contributed by atoms with Gasteiger partial charge in [-0.2, -0.15) is 23.5 Å². The number of H-pyrrole nitrogens is 1. The van der Waals surface area contributed by atoms with Gasteiger partial charge in [0.1, 0.15) is 17.5 Å². The van der Waals surface area contributed by atoms with Gasteiger partial charge in [-0.25, -0.2) is 10.1 Å². The molecule has 3 heterocycles. The zero-order valence-corrected chi connectivity index (χ0v) is 21.8. The van der Waals surface area contributed by atoms with Crippen LogP contribution in [0.4, 0.5) is 24.7 Å². The zero-order chi connectivity index (χ0) is 29.1. The molecular weight excluding hydrogens is 529 g/mol.